The highest BCUT2D eigenvalue weighted by Gasteiger charge is 2.33. The molecule has 0 bridgehead atoms. The third kappa shape index (κ3) is 1.92. The molecule has 5 heteroatoms. The Labute approximate surface area is 91.9 Å². The van der Waals surface area contributed by atoms with Crippen LogP contribution in [0.15, 0.2) is 11.6 Å². The van der Waals surface area contributed by atoms with Crippen LogP contribution in [0, 0.1) is 0 Å². The summed E-state index contributed by atoms with van der Waals surface area (Å²) in [4.78, 5) is 28.6. The Kier molecular flexibility index (Phi) is 2.81. The average molecular weight is 224 g/mol. The number of likely N-dealkylation sites (tertiary alicyclic amines) is 1. The first-order valence-electron chi connectivity index (χ1n) is 4.93. The maximum Gasteiger partial charge on any atom is 0.231 e. The van der Waals surface area contributed by atoms with Crippen molar-refractivity contribution >= 4 is 23.0 Å². The number of aromatic nitrogens is 1. The topological polar surface area (TPSA) is 50.3 Å². The summed E-state index contributed by atoms with van der Waals surface area (Å²) in [7, 11) is 0. The lowest BCUT2D eigenvalue weighted by atomic mass is 10.2. The minimum absolute atomic E-state index is 0.00926. The zero-order valence-corrected chi connectivity index (χ0v) is 9.29. The van der Waals surface area contributed by atoms with E-state index in [1.165, 1.54) is 11.3 Å². The van der Waals surface area contributed by atoms with Gasteiger partial charge in [0.2, 0.25) is 5.91 Å². The minimum Gasteiger partial charge on any atom is -0.326 e. The molecule has 4 nitrogen and oxygen atoms in total. The van der Waals surface area contributed by atoms with Crippen molar-refractivity contribution in [3.63, 3.8) is 0 Å². The van der Waals surface area contributed by atoms with Crippen molar-refractivity contribution in [2.45, 2.75) is 25.8 Å². The van der Waals surface area contributed by atoms with E-state index in [1.807, 2.05) is 12.3 Å². The number of carbonyl (C=O) groups excluding carboxylic acids is 2. The van der Waals surface area contributed by atoms with Crippen molar-refractivity contribution < 1.29 is 9.59 Å². The van der Waals surface area contributed by atoms with Gasteiger partial charge in [-0.25, -0.2) is 4.98 Å². The van der Waals surface area contributed by atoms with Crippen molar-refractivity contribution in [2.24, 2.45) is 0 Å². The van der Waals surface area contributed by atoms with Gasteiger partial charge >= 0.3 is 0 Å². The quantitative estimate of drug-likeness (QED) is 0.729. The number of thiazole rings is 1. The Balaban J connectivity index is 2.21. The van der Waals surface area contributed by atoms with E-state index in [1.54, 1.807) is 11.1 Å². The zero-order valence-electron chi connectivity index (χ0n) is 8.47. The van der Waals surface area contributed by atoms with Crippen molar-refractivity contribution in [1.82, 2.24) is 9.88 Å². The first kappa shape index (κ1) is 10.3. The lowest BCUT2D eigenvalue weighted by molar-refractivity contribution is -0.129. The normalized spacial score (nSPS) is 18.6. The standard InChI is InChI=1S/C10H12N2O2S/c1-2-8(10-11-3-4-15-10)12-6-7(13)5-9(12)14/h3-4,8H,2,5-6H2,1H3. The molecule has 0 aliphatic carbocycles. The van der Waals surface area contributed by atoms with E-state index in [9.17, 15) is 9.59 Å². The number of amides is 1. The average Bonchev–Trinajstić information content (AvgIpc) is 2.79. The summed E-state index contributed by atoms with van der Waals surface area (Å²) in [6, 6.07) is -0.0241. The molecule has 1 aliphatic heterocycles. The van der Waals surface area contributed by atoms with Crippen molar-refractivity contribution in [2.75, 3.05) is 6.54 Å². The molecule has 1 aliphatic rings. The maximum absolute atomic E-state index is 11.6. The van der Waals surface area contributed by atoms with Gasteiger partial charge in [0, 0.05) is 11.6 Å². The second-order valence-electron chi connectivity index (χ2n) is 3.53. The molecule has 1 atom stereocenters. The molecule has 0 spiro atoms. The van der Waals surface area contributed by atoms with Crippen LogP contribution in [0.5, 0.6) is 0 Å². The van der Waals surface area contributed by atoms with Crippen LogP contribution in [0.2, 0.25) is 0 Å². The minimum atomic E-state index is -0.0675. The first-order valence-corrected chi connectivity index (χ1v) is 5.81. The first-order chi connectivity index (χ1) is 7.22. The van der Waals surface area contributed by atoms with Gasteiger partial charge in [0.05, 0.1) is 19.0 Å². The third-order valence-corrected chi connectivity index (χ3v) is 3.39. The lowest BCUT2D eigenvalue weighted by Crippen LogP contribution is -2.29. The number of Topliss-reactive ketones (excluding diaryl/α,β-unsaturated/α-hetero) is 1. The monoisotopic (exact) mass is 224 g/mol. The number of ketones is 1. The number of hydrogen-bond donors (Lipinski definition) is 0. The summed E-state index contributed by atoms with van der Waals surface area (Å²) >= 11 is 1.53. The Morgan fingerprint density at radius 2 is 2.40 bits per heavy atom. The van der Waals surface area contributed by atoms with Gasteiger partial charge in [-0.15, -0.1) is 11.3 Å². The second-order valence-corrected chi connectivity index (χ2v) is 4.46. The fraction of sp³-hybridized carbons (Fsp3) is 0.500. The van der Waals surface area contributed by atoms with Crippen LogP contribution >= 0.6 is 11.3 Å². The molecular weight excluding hydrogens is 212 g/mol. The van der Waals surface area contributed by atoms with Crippen LogP contribution < -0.4 is 0 Å². The molecule has 1 amide bonds. The molecule has 2 rings (SSSR count). The van der Waals surface area contributed by atoms with Crippen LogP contribution in [0.3, 0.4) is 0 Å². The van der Waals surface area contributed by atoms with Gasteiger partial charge in [0.25, 0.3) is 0 Å². The summed E-state index contributed by atoms with van der Waals surface area (Å²) in [5.41, 5.74) is 0. The van der Waals surface area contributed by atoms with Gasteiger partial charge in [0.15, 0.2) is 5.78 Å². The predicted molar refractivity (Wildman–Crippen MR) is 56.5 cm³/mol. The molecule has 0 radical (unpaired) electrons. The molecule has 1 aromatic heterocycles. The lowest BCUT2D eigenvalue weighted by Gasteiger charge is -2.23. The van der Waals surface area contributed by atoms with E-state index < -0.39 is 0 Å². The highest BCUT2D eigenvalue weighted by Crippen LogP contribution is 2.28. The Bertz CT molecular complexity index is 375. The number of carbonyl (C=O) groups is 2. The van der Waals surface area contributed by atoms with E-state index in [-0.39, 0.29) is 30.7 Å². The smallest absolute Gasteiger partial charge is 0.231 e. The molecule has 0 saturated carbocycles. The van der Waals surface area contributed by atoms with E-state index in [0.29, 0.717) is 0 Å². The number of rotatable bonds is 3. The van der Waals surface area contributed by atoms with Crippen molar-refractivity contribution in [3.05, 3.63) is 16.6 Å². The SMILES string of the molecule is CCC(c1nccs1)N1CC(=O)CC1=O. The van der Waals surface area contributed by atoms with Crippen LogP contribution in [-0.2, 0) is 9.59 Å². The molecule has 1 unspecified atom stereocenters. The molecule has 15 heavy (non-hydrogen) atoms. The summed E-state index contributed by atoms with van der Waals surface area (Å²) in [5.74, 6) is -0.0583. The molecule has 1 aromatic rings. The van der Waals surface area contributed by atoms with Crippen molar-refractivity contribution in [1.29, 1.82) is 0 Å². The zero-order chi connectivity index (χ0) is 10.8. The van der Waals surface area contributed by atoms with E-state index in [4.69, 9.17) is 0 Å². The van der Waals surface area contributed by atoms with Crippen LogP contribution in [0.4, 0.5) is 0 Å². The molecule has 80 valence electrons. The fourth-order valence-corrected chi connectivity index (χ4v) is 2.65. The number of nitrogens with zero attached hydrogens (tertiary/aromatic N) is 2. The maximum atomic E-state index is 11.6. The number of hydrogen-bond acceptors (Lipinski definition) is 4. The van der Waals surface area contributed by atoms with Crippen LogP contribution in [0.1, 0.15) is 30.8 Å². The van der Waals surface area contributed by atoms with Gasteiger partial charge in [0.1, 0.15) is 5.01 Å². The van der Waals surface area contributed by atoms with E-state index in [0.717, 1.165) is 11.4 Å². The van der Waals surface area contributed by atoms with Gasteiger partial charge in [-0.05, 0) is 6.42 Å². The van der Waals surface area contributed by atoms with Crippen LogP contribution in [-0.4, -0.2) is 28.1 Å². The highest BCUT2D eigenvalue weighted by atomic mass is 32.1. The molecule has 0 N–H and O–H groups in total. The summed E-state index contributed by atoms with van der Waals surface area (Å²) in [6.45, 7) is 2.25. The molecular formula is C10H12N2O2S. The highest BCUT2D eigenvalue weighted by molar-refractivity contribution is 7.09. The van der Waals surface area contributed by atoms with E-state index >= 15 is 0 Å². The van der Waals surface area contributed by atoms with Crippen LogP contribution in [0.25, 0.3) is 0 Å². The molecule has 0 aromatic carbocycles. The molecule has 1 fully saturated rings. The van der Waals surface area contributed by atoms with Gasteiger partial charge in [-0.1, -0.05) is 6.92 Å². The Hall–Kier alpha value is -1.23. The predicted octanol–water partition coefficient (Wildman–Crippen LogP) is 1.40. The third-order valence-electron chi connectivity index (χ3n) is 2.51. The van der Waals surface area contributed by atoms with Gasteiger partial charge in [-0.2, -0.15) is 0 Å². The fourth-order valence-electron chi connectivity index (χ4n) is 1.82. The van der Waals surface area contributed by atoms with Gasteiger partial charge in [-0.3, -0.25) is 9.59 Å². The molecule has 1 saturated heterocycles. The second kappa shape index (κ2) is 4.10. The summed E-state index contributed by atoms with van der Waals surface area (Å²) < 4.78 is 0. The van der Waals surface area contributed by atoms with Gasteiger partial charge < -0.3 is 4.90 Å². The Morgan fingerprint density at radius 3 is 2.87 bits per heavy atom. The van der Waals surface area contributed by atoms with Crippen molar-refractivity contribution in [3.8, 4) is 0 Å². The largest absolute Gasteiger partial charge is 0.326 e. The Morgan fingerprint density at radius 1 is 1.60 bits per heavy atom. The molecule has 2 heterocycles. The summed E-state index contributed by atoms with van der Waals surface area (Å²) in [5, 5.41) is 2.81. The summed E-state index contributed by atoms with van der Waals surface area (Å²) in [6.07, 6.45) is 2.58. The van der Waals surface area contributed by atoms with E-state index in [2.05, 4.69) is 4.98 Å².